The molecule has 2 aromatic carbocycles. The molecule has 2 rings (SSSR count). The lowest BCUT2D eigenvalue weighted by atomic mass is 10.0. The molecule has 0 amide bonds. The van der Waals surface area contributed by atoms with Gasteiger partial charge < -0.3 is 5.11 Å². The Balaban J connectivity index is 2.54. The van der Waals surface area contributed by atoms with E-state index in [0.717, 1.165) is 6.07 Å². The Hall–Kier alpha value is -1.42. The highest BCUT2D eigenvalue weighted by atomic mass is 79.9. The maximum atomic E-state index is 13.0. The van der Waals surface area contributed by atoms with Crippen LogP contribution in [0.2, 0.25) is 0 Å². The molecule has 16 heavy (non-hydrogen) atoms. The second-order valence-electron chi connectivity index (χ2n) is 3.29. The highest BCUT2D eigenvalue weighted by Crippen LogP contribution is 2.31. The van der Waals surface area contributed by atoms with E-state index in [9.17, 15) is 13.9 Å². The predicted octanol–water partition coefficient (Wildman–Crippen LogP) is 4.10. The number of hydrogen-bond donors (Lipinski definition) is 1. The molecule has 0 aliphatic carbocycles. The van der Waals surface area contributed by atoms with Crippen LogP contribution in [0.3, 0.4) is 0 Å². The molecule has 0 bridgehead atoms. The fourth-order valence-electron chi connectivity index (χ4n) is 1.41. The average molecular weight is 285 g/mol. The van der Waals surface area contributed by atoms with Gasteiger partial charge in [0.15, 0.2) is 0 Å². The Kier molecular flexibility index (Phi) is 2.92. The smallest absolute Gasteiger partial charge is 0.137 e. The van der Waals surface area contributed by atoms with Crippen molar-refractivity contribution >= 4 is 15.9 Å². The SMILES string of the molecule is Oc1cc(F)ccc1-c1ccc(F)c(Br)c1. The van der Waals surface area contributed by atoms with E-state index in [1.54, 1.807) is 0 Å². The normalized spacial score (nSPS) is 10.4. The van der Waals surface area contributed by atoms with E-state index in [0.29, 0.717) is 15.6 Å². The zero-order chi connectivity index (χ0) is 11.7. The number of phenolic OH excluding ortho intramolecular Hbond substituents is 1. The molecule has 0 saturated heterocycles. The van der Waals surface area contributed by atoms with Crippen molar-refractivity contribution in [1.82, 2.24) is 0 Å². The molecule has 0 heterocycles. The number of aromatic hydroxyl groups is 1. The zero-order valence-corrected chi connectivity index (χ0v) is 9.63. The molecule has 0 unspecified atom stereocenters. The Labute approximate surface area is 99.5 Å². The van der Waals surface area contributed by atoms with Crippen molar-refractivity contribution in [2.45, 2.75) is 0 Å². The fourth-order valence-corrected chi connectivity index (χ4v) is 1.79. The van der Waals surface area contributed by atoms with Crippen LogP contribution in [0.1, 0.15) is 0 Å². The predicted molar refractivity (Wildman–Crippen MR) is 61.2 cm³/mol. The standard InChI is InChI=1S/C12H7BrF2O/c13-10-5-7(1-4-11(10)15)9-3-2-8(14)6-12(9)16/h1-6,16H. The van der Waals surface area contributed by atoms with Crippen molar-refractivity contribution in [3.05, 3.63) is 52.5 Å². The third kappa shape index (κ3) is 2.07. The van der Waals surface area contributed by atoms with Crippen LogP contribution in [0.5, 0.6) is 5.75 Å². The molecule has 4 heteroatoms. The molecule has 0 fully saturated rings. The van der Waals surface area contributed by atoms with E-state index in [1.807, 2.05) is 0 Å². The van der Waals surface area contributed by atoms with Gasteiger partial charge in [-0.1, -0.05) is 6.07 Å². The molecule has 1 N–H and O–H groups in total. The fraction of sp³-hybridized carbons (Fsp3) is 0. The first-order chi connectivity index (χ1) is 7.58. The molecule has 1 nitrogen and oxygen atoms in total. The molecular weight excluding hydrogens is 278 g/mol. The van der Waals surface area contributed by atoms with Gasteiger partial charge in [-0.05, 0) is 45.8 Å². The summed E-state index contributed by atoms with van der Waals surface area (Å²) in [5, 5.41) is 9.56. The van der Waals surface area contributed by atoms with Gasteiger partial charge in [-0.3, -0.25) is 0 Å². The quantitative estimate of drug-likeness (QED) is 0.836. The summed E-state index contributed by atoms with van der Waals surface area (Å²) in [5.74, 6) is -1.06. The molecule has 0 atom stereocenters. The van der Waals surface area contributed by atoms with Crippen LogP contribution < -0.4 is 0 Å². The van der Waals surface area contributed by atoms with Crippen LogP contribution in [0.15, 0.2) is 40.9 Å². The highest BCUT2D eigenvalue weighted by molar-refractivity contribution is 9.10. The summed E-state index contributed by atoms with van der Waals surface area (Å²) < 4.78 is 26.1. The molecule has 0 saturated carbocycles. The lowest BCUT2D eigenvalue weighted by Gasteiger charge is -2.05. The van der Waals surface area contributed by atoms with Crippen LogP contribution in [-0.2, 0) is 0 Å². The van der Waals surface area contributed by atoms with Crippen molar-refractivity contribution < 1.29 is 13.9 Å². The summed E-state index contributed by atoms with van der Waals surface area (Å²) in [6.07, 6.45) is 0. The number of phenols is 1. The Bertz CT molecular complexity index is 541. The van der Waals surface area contributed by atoms with Gasteiger partial charge in [-0.15, -0.1) is 0 Å². The maximum Gasteiger partial charge on any atom is 0.137 e. The summed E-state index contributed by atoms with van der Waals surface area (Å²) in [6.45, 7) is 0. The molecule has 82 valence electrons. The summed E-state index contributed by atoms with van der Waals surface area (Å²) in [7, 11) is 0. The maximum absolute atomic E-state index is 13.0. The third-order valence-electron chi connectivity index (χ3n) is 2.19. The number of benzene rings is 2. The Morgan fingerprint density at radius 2 is 1.75 bits per heavy atom. The first-order valence-corrected chi connectivity index (χ1v) is 5.31. The van der Waals surface area contributed by atoms with Crippen LogP contribution in [0.25, 0.3) is 11.1 Å². The monoisotopic (exact) mass is 284 g/mol. The van der Waals surface area contributed by atoms with Gasteiger partial charge in [0.2, 0.25) is 0 Å². The molecule has 0 aliphatic rings. The molecular formula is C12H7BrF2O. The number of rotatable bonds is 1. The Morgan fingerprint density at radius 3 is 2.38 bits per heavy atom. The Morgan fingerprint density at radius 1 is 1.00 bits per heavy atom. The molecule has 0 aromatic heterocycles. The largest absolute Gasteiger partial charge is 0.507 e. The van der Waals surface area contributed by atoms with Crippen molar-refractivity contribution in [2.75, 3.05) is 0 Å². The van der Waals surface area contributed by atoms with Crippen molar-refractivity contribution in [2.24, 2.45) is 0 Å². The lowest BCUT2D eigenvalue weighted by molar-refractivity contribution is 0.471. The first kappa shape index (κ1) is 11.1. The number of halogens is 3. The van der Waals surface area contributed by atoms with E-state index in [2.05, 4.69) is 15.9 Å². The van der Waals surface area contributed by atoms with Gasteiger partial charge >= 0.3 is 0 Å². The first-order valence-electron chi connectivity index (χ1n) is 4.52. The third-order valence-corrected chi connectivity index (χ3v) is 2.80. The second-order valence-corrected chi connectivity index (χ2v) is 4.14. The molecule has 2 aromatic rings. The minimum atomic E-state index is -0.512. The van der Waals surface area contributed by atoms with Gasteiger partial charge in [-0.2, -0.15) is 0 Å². The average Bonchev–Trinajstić information content (AvgIpc) is 2.22. The zero-order valence-electron chi connectivity index (χ0n) is 8.05. The minimum absolute atomic E-state index is 0.168. The van der Waals surface area contributed by atoms with E-state index in [1.165, 1.54) is 30.3 Å². The van der Waals surface area contributed by atoms with E-state index < -0.39 is 5.82 Å². The van der Waals surface area contributed by atoms with Gasteiger partial charge in [0, 0.05) is 11.6 Å². The van der Waals surface area contributed by atoms with Crippen molar-refractivity contribution in [3.8, 4) is 16.9 Å². The van der Waals surface area contributed by atoms with Gasteiger partial charge in [0.1, 0.15) is 17.4 Å². The highest BCUT2D eigenvalue weighted by Gasteiger charge is 2.07. The second kappa shape index (κ2) is 4.22. The van der Waals surface area contributed by atoms with Crippen LogP contribution in [0, 0.1) is 11.6 Å². The van der Waals surface area contributed by atoms with Gasteiger partial charge in [0.25, 0.3) is 0 Å². The summed E-state index contributed by atoms with van der Waals surface area (Å²) in [4.78, 5) is 0. The molecule has 0 aliphatic heterocycles. The van der Waals surface area contributed by atoms with Crippen molar-refractivity contribution in [1.29, 1.82) is 0 Å². The van der Waals surface area contributed by atoms with E-state index in [-0.39, 0.29) is 11.6 Å². The topological polar surface area (TPSA) is 20.2 Å². The number of hydrogen-bond acceptors (Lipinski definition) is 1. The minimum Gasteiger partial charge on any atom is -0.507 e. The molecule has 0 spiro atoms. The van der Waals surface area contributed by atoms with Crippen molar-refractivity contribution in [3.63, 3.8) is 0 Å². The van der Waals surface area contributed by atoms with Crippen LogP contribution in [0.4, 0.5) is 8.78 Å². The van der Waals surface area contributed by atoms with E-state index in [4.69, 9.17) is 0 Å². The van der Waals surface area contributed by atoms with Gasteiger partial charge in [0.05, 0.1) is 4.47 Å². The van der Waals surface area contributed by atoms with Gasteiger partial charge in [-0.25, -0.2) is 8.78 Å². The lowest BCUT2D eigenvalue weighted by Crippen LogP contribution is -1.83. The van der Waals surface area contributed by atoms with Crippen LogP contribution in [-0.4, -0.2) is 5.11 Å². The summed E-state index contributed by atoms with van der Waals surface area (Å²) in [6, 6.07) is 8.04. The van der Waals surface area contributed by atoms with E-state index >= 15 is 0 Å². The molecule has 0 radical (unpaired) electrons. The van der Waals surface area contributed by atoms with Crippen LogP contribution >= 0.6 is 15.9 Å². The summed E-state index contributed by atoms with van der Waals surface area (Å²) in [5.41, 5.74) is 1.08. The summed E-state index contributed by atoms with van der Waals surface area (Å²) >= 11 is 3.05.